The number of thiocarbonyl (C=S) groups is 1. The molecule has 30 heavy (non-hydrogen) atoms. The van der Waals surface area contributed by atoms with Gasteiger partial charge in [0.25, 0.3) is 0 Å². The zero-order valence-corrected chi connectivity index (χ0v) is 18.3. The number of amides is 1. The van der Waals surface area contributed by atoms with Gasteiger partial charge in [-0.05, 0) is 55.2 Å². The van der Waals surface area contributed by atoms with Crippen molar-refractivity contribution in [2.45, 2.75) is 57.7 Å². The number of halogens is 1. The van der Waals surface area contributed by atoms with Gasteiger partial charge in [0.2, 0.25) is 5.91 Å². The molecule has 0 aromatic heterocycles. The number of carbonyl (C=O) groups excluding carboxylic acids is 1. The quantitative estimate of drug-likeness (QED) is 0.628. The second kappa shape index (κ2) is 11.1. The Morgan fingerprint density at radius 3 is 2.43 bits per heavy atom. The Labute approximate surface area is 183 Å². The van der Waals surface area contributed by atoms with Crippen LogP contribution in [0.15, 0.2) is 54.6 Å². The van der Waals surface area contributed by atoms with Crippen molar-refractivity contribution in [2.24, 2.45) is 0 Å². The van der Waals surface area contributed by atoms with Gasteiger partial charge in [-0.3, -0.25) is 4.79 Å². The van der Waals surface area contributed by atoms with E-state index in [1.165, 1.54) is 31.4 Å². The molecule has 1 atom stereocenters. The van der Waals surface area contributed by atoms with E-state index in [-0.39, 0.29) is 24.3 Å². The van der Waals surface area contributed by atoms with E-state index >= 15 is 0 Å². The standard InChI is InChI=1S/C24H30FN3OS/c1-18(20-8-4-2-5-9-20)27-23(29)16-26-24(30)28(22-10-6-3-7-11-22)17-19-12-14-21(25)15-13-19/h2,4-5,8-9,12-15,18,22H,3,6-7,10-11,16-17H2,1H3,(H,26,30)(H,27,29)/t18-/m0/s1. The zero-order valence-electron chi connectivity index (χ0n) is 17.4. The molecule has 1 saturated carbocycles. The molecular weight excluding hydrogens is 397 g/mol. The molecule has 0 spiro atoms. The lowest BCUT2D eigenvalue weighted by Gasteiger charge is -2.36. The minimum Gasteiger partial charge on any atom is -0.353 e. The Hall–Kier alpha value is -2.47. The first-order valence-electron chi connectivity index (χ1n) is 10.7. The van der Waals surface area contributed by atoms with E-state index in [2.05, 4.69) is 15.5 Å². The summed E-state index contributed by atoms with van der Waals surface area (Å²) in [5.74, 6) is -0.341. The van der Waals surface area contributed by atoms with E-state index in [0.29, 0.717) is 17.7 Å². The van der Waals surface area contributed by atoms with E-state index < -0.39 is 0 Å². The molecule has 0 radical (unpaired) electrons. The molecule has 1 amide bonds. The van der Waals surface area contributed by atoms with Gasteiger partial charge < -0.3 is 15.5 Å². The van der Waals surface area contributed by atoms with Gasteiger partial charge in [-0.15, -0.1) is 0 Å². The molecule has 0 saturated heterocycles. The minimum absolute atomic E-state index is 0.0669. The van der Waals surface area contributed by atoms with Crippen molar-refractivity contribution in [1.82, 2.24) is 15.5 Å². The van der Waals surface area contributed by atoms with E-state index in [1.807, 2.05) is 37.3 Å². The fraction of sp³-hybridized carbons (Fsp3) is 0.417. The number of nitrogens with zero attached hydrogens (tertiary/aromatic N) is 1. The summed E-state index contributed by atoms with van der Waals surface area (Å²) in [6.45, 7) is 2.70. The molecule has 160 valence electrons. The highest BCUT2D eigenvalue weighted by atomic mass is 32.1. The third kappa shape index (κ3) is 6.52. The minimum atomic E-state index is -0.243. The summed E-state index contributed by atoms with van der Waals surface area (Å²) >= 11 is 5.67. The SMILES string of the molecule is C[C@H](NC(=O)CNC(=S)N(Cc1ccc(F)cc1)C1CCCCC1)c1ccccc1. The largest absolute Gasteiger partial charge is 0.353 e. The highest BCUT2D eigenvalue weighted by Crippen LogP contribution is 2.24. The molecule has 0 unspecified atom stereocenters. The van der Waals surface area contributed by atoms with Gasteiger partial charge in [0.05, 0.1) is 12.6 Å². The summed E-state index contributed by atoms with van der Waals surface area (Å²) in [7, 11) is 0. The van der Waals surface area contributed by atoms with Crippen molar-refractivity contribution in [2.75, 3.05) is 6.54 Å². The van der Waals surface area contributed by atoms with E-state index in [1.54, 1.807) is 12.1 Å². The lowest BCUT2D eigenvalue weighted by molar-refractivity contribution is -0.120. The average molecular weight is 428 g/mol. The Morgan fingerprint density at radius 2 is 1.77 bits per heavy atom. The molecule has 0 bridgehead atoms. The molecule has 6 heteroatoms. The van der Waals surface area contributed by atoms with E-state index in [9.17, 15) is 9.18 Å². The highest BCUT2D eigenvalue weighted by molar-refractivity contribution is 7.80. The molecule has 2 aromatic carbocycles. The van der Waals surface area contributed by atoms with Crippen LogP contribution in [0, 0.1) is 5.82 Å². The normalized spacial score (nSPS) is 15.3. The first-order valence-corrected chi connectivity index (χ1v) is 11.1. The molecule has 0 aliphatic heterocycles. The van der Waals surface area contributed by atoms with Crippen LogP contribution < -0.4 is 10.6 Å². The molecule has 2 N–H and O–H groups in total. The topological polar surface area (TPSA) is 44.4 Å². The predicted octanol–water partition coefficient (Wildman–Crippen LogP) is 4.71. The lowest BCUT2D eigenvalue weighted by atomic mass is 9.94. The van der Waals surface area contributed by atoms with Crippen LogP contribution in [0.3, 0.4) is 0 Å². The van der Waals surface area contributed by atoms with Crippen LogP contribution in [-0.4, -0.2) is 28.5 Å². The second-order valence-electron chi connectivity index (χ2n) is 7.90. The van der Waals surface area contributed by atoms with Gasteiger partial charge in [0, 0.05) is 12.6 Å². The summed E-state index contributed by atoms with van der Waals surface area (Å²) in [4.78, 5) is 14.6. The van der Waals surface area contributed by atoms with Gasteiger partial charge in [-0.25, -0.2) is 4.39 Å². The van der Waals surface area contributed by atoms with Gasteiger partial charge in [0.1, 0.15) is 5.82 Å². The molecule has 1 fully saturated rings. The van der Waals surface area contributed by atoms with Crippen LogP contribution in [0.1, 0.15) is 56.2 Å². The summed E-state index contributed by atoms with van der Waals surface area (Å²) in [6, 6.07) is 16.7. The average Bonchev–Trinajstić information content (AvgIpc) is 2.78. The Balaban J connectivity index is 1.58. The van der Waals surface area contributed by atoms with Gasteiger partial charge in [-0.2, -0.15) is 0 Å². The molecule has 0 heterocycles. The molecule has 3 rings (SSSR count). The third-order valence-corrected chi connectivity index (χ3v) is 6.00. The van der Waals surface area contributed by atoms with Crippen molar-refractivity contribution in [3.8, 4) is 0 Å². The first kappa shape index (κ1) is 22.2. The Bertz CT molecular complexity index is 822. The predicted molar refractivity (Wildman–Crippen MR) is 122 cm³/mol. The van der Waals surface area contributed by atoms with Crippen molar-refractivity contribution >= 4 is 23.2 Å². The van der Waals surface area contributed by atoms with Crippen molar-refractivity contribution in [1.29, 1.82) is 0 Å². The van der Waals surface area contributed by atoms with Crippen molar-refractivity contribution in [3.63, 3.8) is 0 Å². The monoisotopic (exact) mass is 427 g/mol. The van der Waals surface area contributed by atoms with Gasteiger partial charge in [-0.1, -0.05) is 61.7 Å². The number of hydrogen-bond acceptors (Lipinski definition) is 2. The van der Waals surface area contributed by atoms with Gasteiger partial charge in [0.15, 0.2) is 5.11 Å². The first-order chi connectivity index (χ1) is 14.5. The maximum absolute atomic E-state index is 13.3. The Kier molecular flexibility index (Phi) is 8.20. The molecule has 2 aromatic rings. The molecule has 1 aliphatic rings. The summed E-state index contributed by atoms with van der Waals surface area (Å²) < 4.78 is 13.3. The fourth-order valence-corrected chi connectivity index (χ4v) is 4.21. The maximum atomic E-state index is 13.3. The van der Waals surface area contributed by atoms with Crippen LogP contribution >= 0.6 is 12.2 Å². The van der Waals surface area contributed by atoms with Crippen LogP contribution in [-0.2, 0) is 11.3 Å². The van der Waals surface area contributed by atoms with Crippen LogP contribution in [0.5, 0.6) is 0 Å². The number of hydrogen-bond donors (Lipinski definition) is 2. The molecule has 1 aliphatic carbocycles. The Morgan fingerprint density at radius 1 is 1.10 bits per heavy atom. The smallest absolute Gasteiger partial charge is 0.239 e. The second-order valence-corrected chi connectivity index (χ2v) is 8.29. The molecule has 4 nitrogen and oxygen atoms in total. The van der Waals surface area contributed by atoms with Gasteiger partial charge >= 0.3 is 0 Å². The van der Waals surface area contributed by atoms with Crippen LogP contribution in [0.25, 0.3) is 0 Å². The number of nitrogens with one attached hydrogen (secondary N) is 2. The number of carbonyl (C=O) groups is 1. The fourth-order valence-electron chi connectivity index (χ4n) is 3.92. The number of rotatable bonds is 7. The maximum Gasteiger partial charge on any atom is 0.239 e. The zero-order chi connectivity index (χ0) is 21.3. The van der Waals surface area contributed by atoms with Crippen molar-refractivity contribution < 1.29 is 9.18 Å². The summed E-state index contributed by atoms with van der Waals surface area (Å²) in [5, 5.41) is 6.72. The van der Waals surface area contributed by atoms with Crippen LogP contribution in [0.4, 0.5) is 4.39 Å². The third-order valence-electron chi connectivity index (χ3n) is 5.62. The van der Waals surface area contributed by atoms with Crippen LogP contribution in [0.2, 0.25) is 0 Å². The van der Waals surface area contributed by atoms with E-state index in [0.717, 1.165) is 24.0 Å². The summed E-state index contributed by atoms with van der Waals surface area (Å²) in [6.07, 6.45) is 5.78. The summed E-state index contributed by atoms with van der Waals surface area (Å²) in [5.41, 5.74) is 2.07. The van der Waals surface area contributed by atoms with E-state index in [4.69, 9.17) is 12.2 Å². The number of benzene rings is 2. The van der Waals surface area contributed by atoms with Crippen molar-refractivity contribution in [3.05, 3.63) is 71.5 Å². The highest BCUT2D eigenvalue weighted by Gasteiger charge is 2.24. The molecular formula is C24H30FN3OS. The lowest BCUT2D eigenvalue weighted by Crippen LogP contribution is -2.48.